The van der Waals surface area contributed by atoms with Crippen LogP contribution in [0, 0.1) is 0 Å². The zero-order chi connectivity index (χ0) is 44.1. The van der Waals surface area contributed by atoms with Crippen LogP contribution in [0.1, 0.15) is 194 Å². The molecule has 6 atom stereocenters. The molecular formula is C47H84O12S. The lowest BCUT2D eigenvalue weighted by atomic mass is 10.00. The summed E-state index contributed by atoms with van der Waals surface area (Å²) in [6.45, 7) is 3.72. The van der Waals surface area contributed by atoms with Crippen molar-refractivity contribution in [3.63, 3.8) is 0 Å². The van der Waals surface area contributed by atoms with Gasteiger partial charge in [0.25, 0.3) is 10.1 Å². The van der Waals surface area contributed by atoms with Gasteiger partial charge in [0.1, 0.15) is 36.8 Å². The fraction of sp³-hybridized carbons (Fsp3) is 0.830. The maximum Gasteiger partial charge on any atom is 0.306 e. The minimum atomic E-state index is -4.60. The Hall–Kier alpha value is -2.13. The van der Waals surface area contributed by atoms with Crippen molar-refractivity contribution in [3.05, 3.63) is 36.5 Å². The molecule has 1 aliphatic rings. The first-order valence-corrected chi connectivity index (χ1v) is 25.2. The standard InChI is InChI=1S/C47H84O12S/c1-3-5-7-9-11-13-15-17-19-20-22-24-26-28-30-32-34-36-43(49)58-40(38-57-47-46(52)45(51)44(50)41(59-47)39-60(53,54)55)37-56-42(48)35-33-31-29-27-25-23-21-18-16-14-12-10-8-6-4-2/h13-16,18,21,40-41,44-47,50-52H,3-12,17,19-20,22-39H2,1-2H3,(H,53,54,55)/b15-13+,16-14+,21-18+/t40-,41-,44-,45?,46?,47+/m1/s1. The van der Waals surface area contributed by atoms with Gasteiger partial charge in [-0.1, -0.05) is 153 Å². The Morgan fingerprint density at radius 2 is 1.00 bits per heavy atom. The minimum Gasteiger partial charge on any atom is -0.462 e. The molecule has 2 unspecified atom stereocenters. The van der Waals surface area contributed by atoms with Gasteiger partial charge in [-0.15, -0.1) is 0 Å². The third-order valence-corrected chi connectivity index (χ3v) is 11.5. The van der Waals surface area contributed by atoms with E-state index in [0.29, 0.717) is 12.8 Å². The van der Waals surface area contributed by atoms with Gasteiger partial charge in [-0.2, -0.15) is 8.42 Å². The molecule has 0 amide bonds. The first kappa shape index (κ1) is 55.9. The number of hydrogen-bond acceptors (Lipinski definition) is 11. The Bertz CT molecular complexity index is 1250. The summed E-state index contributed by atoms with van der Waals surface area (Å²) in [5.74, 6) is -2.00. The fourth-order valence-electron chi connectivity index (χ4n) is 7.01. The van der Waals surface area contributed by atoms with Crippen molar-refractivity contribution in [2.24, 2.45) is 0 Å². The van der Waals surface area contributed by atoms with Crippen molar-refractivity contribution in [1.82, 2.24) is 0 Å². The average molecular weight is 873 g/mol. The summed E-state index contributed by atoms with van der Waals surface area (Å²) in [6.07, 6.45) is 33.2. The largest absolute Gasteiger partial charge is 0.462 e. The molecule has 13 heteroatoms. The van der Waals surface area contributed by atoms with Gasteiger partial charge < -0.3 is 34.3 Å². The molecule has 1 rings (SSSR count). The molecule has 4 N–H and O–H groups in total. The summed E-state index contributed by atoms with van der Waals surface area (Å²) < 4.78 is 54.1. The third-order valence-electron chi connectivity index (χ3n) is 10.7. The normalized spacial score (nSPS) is 20.4. The lowest BCUT2D eigenvalue weighted by molar-refractivity contribution is -0.297. The molecule has 0 spiro atoms. The SMILES string of the molecule is CCCCCC/C=C/C=C/CCCCCCCC(=O)OC[C@H](CO[C@H]1O[C@H](CS(=O)(=O)O)[C@@H](O)C(O)C1O)OC(=O)CCCCCCCCCCC/C=C/CCCCCC. The van der Waals surface area contributed by atoms with Crippen LogP contribution in [-0.4, -0.2) is 96.0 Å². The van der Waals surface area contributed by atoms with Crippen LogP contribution in [-0.2, 0) is 38.7 Å². The van der Waals surface area contributed by atoms with Gasteiger partial charge in [0.05, 0.1) is 6.61 Å². The molecule has 0 bridgehead atoms. The molecule has 350 valence electrons. The molecule has 0 aromatic rings. The van der Waals surface area contributed by atoms with E-state index in [2.05, 4.69) is 50.3 Å². The van der Waals surface area contributed by atoms with E-state index in [1.54, 1.807) is 0 Å². The number of esters is 2. The first-order valence-electron chi connectivity index (χ1n) is 23.6. The predicted octanol–water partition coefficient (Wildman–Crippen LogP) is 9.78. The van der Waals surface area contributed by atoms with E-state index >= 15 is 0 Å². The number of aliphatic hydroxyl groups is 3. The molecule has 12 nitrogen and oxygen atoms in total. The number of hydrogen-bond donors (Lipinski definition) is 4. The van der Waals surface area contributed by atoms with E-state index in [9.17, 15) is 37.9 Å². The second-order valence-corrected chi connectivity index (χ2v) is 17.9. The highest BCUT2D eigenvalue weighted by atomic mass is 32.2. The molecule has 1 heterocycles. The van der Waals surface area contributed by atoms with Crippen LogP contribution in [0.5, 0.6) is 0 Å². The molecule has 0 saturated carbocycles. The van der Waals surface area contributed by atoms with Gasteiger partial charge in [-0.25, -0.2) is 0 Å². The van der Waals surface area contributed by atoms with Crippen molar-refractivity contribution < 1.29 is 56.8 Å². The molecule has 1 aliphatic heterocycles. The number of rotatable bonds is 39. The Labute approximate surface area is 363 Å². The molecule has 60 heavy (non-hydrogen) atoms. The topological polar surface area (TPSA) is 186 Å². The maximum atomic E-state index is 12.8. The Morgan fingerprint density at radius 3 is 1.48 bits per heavy atom. The number of carbonyl (C=O) groups excluding carboxylic acids is 2. The van der Waals surface area contributed by atoms with Crippen molar-refractivity contribution in [2.45, 2.75) is 230 Å². The Balaban J connectivity index is 2.44. The zero-order valence-electron chi connectivity index (χ0n) is 37.3. The number of carbonyl (C=O) groups is 2. The summed E-state index contributed by atoms with van der Waals surface area (Å²) in [5, 5.41) is 30.9. The molecule has 0 aromatic heterocycles. The van der Waals surface area contributed by atoms with E-state index < -0.39 is 71.2 Å². The van der Waals surface area contributed by atoms with Gasteiger partial charge in [0.2, 0.25) is 0 Å². The summed E-state index contributed by atoms with van der Waals surface area (Å²) in [6, 6.07) is 0. The lowest BCUT2D eigenvalue weighted by Crippen LogP contribution is -2.60. The third kappa shape index (κ3) is 31.7. The van der Waals surface area contributed by atoms with Crippen LogP contribution in [0.15, 0.2) is 36.5 Å². The van der Waals surface area contributed by atoms with Crippen LogP contribution >= 0.6 is 0 Å². The van der Waals surface area contributed by atoms with Crippen LogP contribution in [0.2, 0.25) is 0 Å². The highest BCUT2D eigenvalue weighted by molar-refractivity contribution is 7.85. The maximum absolute atomic E-state index is 12.8. The predicted molar refractivity (Wildman–Crippen MR) is 238 cm³/mol. The summed E-state index contributed by atoms with van der Waals surface area (Å²) in [4.78, 5) is 25.4. The second kappa shape index (κ2) is 37.4. The van der Waals surface area contributed by atoms with Gasteiger partial charge in [-0.05, 0) is 64.2 Å². The molecule has 0 aromatic carbocycles. The molecular weight excluding hydrogens is 789 g/mol. The molecule has 0 radical (unpaired) electrons. The van der Waals surface area contributed by atoms with Crippen molar-refractivity contribution in [1.29, 1.82) is 0 Å². The number of aliphatic hydroxyl groups excluding tert-OH is 3. The van der Waals surface area contributed by atoms with Crippen molar-refractivity contribution >= 4 is 22.1 Å². The van der Waals surface area contributed by atoms with Crippen LogP contribution in [0.25, 0.3) is 0 Å². The van der Waals surface area contributed by atoms with Crippen LogP contribution in [0.3, 0.4) is 0 Å². The number of ether oxygens (including phenoxy) is 4. The Kier molecular flexibility index (Phi) is 34.9. The lowest BCUT2D eigenvalue weighted by Gasteiger charge is -2.40. The van der Waals surface area contributed by atoms with E-state index in [1.807, 2.05) is 0 Å². The molecule has 1 saturated heterocycles. The highest BCUT2D eigenvalue weighted by Crippen LogP contribution is 2.24. The molecule has 0 aliphatic carbocycles. The smallest absolute Gasteiger partial charge is 0.306 e. The van der Waals surface area contributed by atoms with Gasteiger partial charge >= 0.3 is 11.9 Å². The first-order chi connectivity index (χ1) is 29.0. The van der Waals surface area contributed by atoms with E-state index in [-0.39, 0.29) is 19.4 Å². The molecule has 1 fully saturated rings. The van der Waals surface area contributed by atoms with Gasteiger partial charge in [0.15, 0.2) is 12.4 Å². The van der Waals surface area contributed by atoms with Crippen LogP contribution < -0.4 is 0 Å². The average Bonchev–Trinajstić information content (AvgIpc) is 3.21. The second-order valence-electron chi connectivity index (χ2n) is 16.4. The van der Waals surface area contributed by atoms with Crippen molar-refractivity contribution in [2.75, 3.05) is 19.0 Å². The van der Waals surface area contributed by atoms with E-state index in [4.69, 9.17) is 18.9 Å². The van der Waals surface area contributed by atoms with E-state index in [1.165, 1.54) is 89.9 Å². The summed E-state index contributed by atoms with van der Waals surface area (Å²) in [7, 11) is -4.60. The monoisotopic (exact) mass is 873 g/mol. The number of unbranched alkanes of at least 4 members (excludes halogenated alkanes) is 22. The van der Waals surface area contributed by atoms with Crippen molar-refractivity contribution in [3.8, 4) is 0 Å². The highest BCUT2D eigenvalue weighted by Gasteiger charge is 2.46. The van der Waals surface area contributed by atoms with Gasteiger partial charge in [-0.3, -0.25) is 14.1 Å². The van der Waals surface area contributed by atoms with Gasteiger partial charge in [0, 0.05) is 12.8 Å². The fourth-order valence-corrected chi connectivity index (χ4v) is 7.71. The summed E-state index contributed by atoms with van der Waals surface area (Å²) in [5.41, 5.74) is 0. The zero-order valence-corrected chi connectivity index (χ0v) is 38.1. The summed E-state index contributed by atoms with van der Waals surface area (Å²) >= 11 is 0. The minimum absolute atomic E-state index is 0.159. The van der Waals surface area contributed by atoms with E-state index in [0.717, 1.165) is 64.2 Å². The van der Waals surface area contributed by atoms with Crippen LogP contribution in [0.4, 0.5) is 0 Å². The number of allylic oxidation sites excluding steroid dienone is 6. The quantitative estimate of drug-likeness (QED) is 0.0151. The Morgan fingerprint density at radius 1 is 0.567 bits per heavy atom.